The summed E-state index contributed by atoms with van der Waals surface area (Å²) in [6, 6.07) is 12.1. The summed E-state index contributed by atoms with van der Waals surface area (Å²) < 4.78 is 0. The van der Waals surface area contributed by atoms with Crippen LogP contribution in [0.2, 0.25) is 0 Å². The minimum Gasteiger partial charge on any atom is -0.351 e. The molecule has 2 saturated heterocycles. The fraction of sp³-hybridized carbons (Fsp3) is 0.677. The van der Waals surface area contributed by atoms with E-state index in [1.807, 2.05) is 57.2 Å². The number of amides is 7. The van der Waals surface area contributed by atoms with Crippen molar-refractivity contribution in [2.45, 2.75) is 210 Å². The molecule has 0 aromatic heterocycles. The molecule has 5 fully saturated rings. The lowest BCUT2D eigenvalue weighted by molar-refractivity contribution is -0.145. The molecule has 0 radical (unpaired) electrons. The lowest BCUT2D eigenvalue weighted by atomic mass is 9.76. The summed E-state index contributed by atoms with van der Waals surface area (Å²) in [5, 5.41) is 19.2. The molecular weight excluding hydrogens is 985 g/mol. The SMILES string of the molecule is CC[C@@H](C)C(=O)N[C@H](C(=O)N1C[C@@H](NC(=O)C2CCC(C(=O)N[C@H]3C[C@@H](C(=O)NC4CCc5ccccc54)N(C(=O)[C@@H](CC(=O)[C@H](C)NC)C4CCCCC4)C3)CC2)CC1C(=O)N[C@@H]1CCc2ccccc21)C1CCCCC1. The van der Waals surface area contributed by atoms with Crippen LogP contribution in [0.3, 0.4) is 0 Å². The number of aryl methyl sites for hydroxylation is 2. The molecule has 2 aromatic carbocycles. The third-order valence-corrected chi connectivity index (χ3v) is 19.5. The molecule has 3 saturated carbocycles. The van der Waals surface area contributed by atoms with Crippen molar-refractivity contribution in [1.82, 2.24) is 41.7 Å². The van der Waals surface area contributed by atoms with E-state index in [0.717, 1.165) is 101 Å². The van der Waals surface area contributed by atoms with Gasteiger partial charge in [0, 0.05) is 55.3 Å². The topological polar surface area (TPSA) is 215 Å². The average molecular weight is 1070 g/mol. The normalized spacial score (nSPS) is 27.8. The van der Waals surface area contributed by atoms with E-state index in [2.05, 4.69) is 44.0 Å². The Kier molecular flexibility index (Phi) is 19.1. The molecule has 2 aliphatic heterocycles. The van der Waals surface area contributed by atoms with Gasteiger partial charge in [0.1, 0.15) is 23.9 Å². The minimum absolute atomic E-state index is 0.0289. The number of fused-ring (bicyclic) bond motifs is 2. The van der Waals surface area contributed by atoms with Crippen LogP contribution < -0.4 is 31.9 Å². The summed E-state index contributed by atoms with van der Waals surface area (Å²) in [5.74, 6) is -3.06. The van der Waals surface area contributed by atoms with Crippen LogP contribution in [-0.4, -0.2) is 113 Å². The molecule has 424 valence electrons. The van der Waals surface area contributed by atoms with Gasteiger partial charge in [-0.25, -0.2) is 0 Å². The van der Waals surface area contributed by atoms with Crippen molar-refractivity contribution in [3.8, 4) is 0 Å². The Morgan fingerprint density at radius 1 is 0.551 bits per heavy atom. The molecule has 5 aliphatic carbocycles. The standard InChI is InChI=1S/C62H88N8O8/c1-5-37(2)56(72)68-55(42-20-10-7-11-21-42)62(78)70-36-46(33-53(70)60(76)67-51-31-29-41-19-13-15-23-48(41)51)65-58(74)44-26-24-43(25-27-44)57(73)64-45-32-52(59(75)66-50-30-28-40-18-12-14-22-47(40)50)69(35-45)61(77)49(34-54(71)38(3)63-4)39-16-8-6-9-17-39/h12-15,18-19,22-23,37-39,42-46,49-53,55,63H,5-11,16-17,20-21,24-36H2,1-4H3,(H,64,73)(H,65,74)(H,66,75)(H,67,76)(H,68,72)/t37-,38+,43?,44?,45+,46+,49+,50?,51-,52+,53?,55+/m1/s1. The molecule has 7 aliphatic rings. The van der Waals surface area contributed by atoms with Gasteiger partial charge < -0.3 is 41.7 Å². The van der Waals surface area contributed by atoms with Crippen LogP contribution >= 0.6 is 0 Å². The molecule has 78 heavy (non-hydrogen) atoms. The second kappa shape index (κ2) is 26.1. The first-order chi connectivity index (χ1) is 37.7. The number of hydrogen-bond acceptors (Lipinski definition) is 9. The number of carbonyl (C=O) groups is 8. The number of rotatable bonds is 19. The quantitative estimate of drug-likeness (QED) is 0.0911. The fourth-order valence-electron chi connectivity index (χ4n) is 14.3. The van der Waals surface area contributed by atoms with Gasteiger partial charge in [0.25, 0.3) is 0 Å². The maximum Gasteiger partial charge on any atom is 0.246 e. The van der Waals surface area contributed by atoms with Crippen LogP contribution in [0.1, 0.15) is 184 Å². The first-order valence-corrected chi connectivity index (χ1v) is 30.2. The first kappa shape index (κ1) is 57.1. The highest BCUT2D eigenvalue weighted by atomic mass is 16.2. The minimum atomic E-state index is -0.837. The van der Waals surface area contributed by atoms with Crippen molar-refractivity contribution >= 4 is 47.1 Å². The van der Waals surface area contributed by atoms with Gasteiger partial charge in [-0.05, 0) is 144 Å². The van der Waals surface area contributed by atoms with E-state index < -0.39 is 42.2 Å². The summed E-state index contributed by atoms with van der Waals surface area (Å²) in [6.07, 6.45) is 15.8. The second-order valence-corrected chi connectivity index (χ2v) is 24.4. The van der Waals surface area contributed by atoms with E-state index in [1.165, 1.54) is 11.1 Å². The largest absolute Gasteiger partial charge is 0.351 e. The summed E-state index contributed by atoms with van der Waals surface area (Å²) in [4.78, 5) is 117. The maximum absolute atomic E-state index is 14.9. The average Bonchev–Trinajstić information content (AvgIpc) is 4.31. The van der Waals surface area contributed by atoms with Crippen LogP contribution in [0, 0.1) is 35.5 Å². The van der Waals surface area contributed by atoms with Gasteiger partial charge in [-0.1, -0.05) is 101 Å². The maximum atomic E-state index is 14.9. The van der Waals surface area contributed by atoms with Crippen molar-refractivity contribution in [3.63, 3.8) is 0 Å². The van der Waals surface area contributed by atoms with Gasteiger partial charge in [0.2, 0.25) is 41.4 Å². The van der Waals surface area contributed by atoms with Gasteiger partial charge >= 0.3 is 0 Å². The van der Waals surface area contributed by atoms with Gasteiger partial charge in [0.05, 0.1) is 18.1 Å². The van der Waals surface area contributed by atoms with Crippen molar-refractivity contribution in [1.29, 1.82) is 0 Å². The van der Waals surface area contributed by atoms with E-state index >= 15 is 0 Å². The summed E-state index contributed by atoms with van der Waals surface area (Å²) in [5.41, 5.74) is 4.57. The highest BCUT2D eigenvalue weighted by Crippen LogP contribution is 2.38. The summed E-state index contributed by atoms with van der Waals surface area (Å²) >= 11 is 0. The third-order valence-electron chi connectivity index (χ3n) is 19.5. The number of Topliss-reactive ketones (excluding diaryl/α,β-unsaturated/α-hetero) is 1. The van der Waals surface area contributed by atoms with Gasteiger partial charge in [-0.15, -0.1) is 0 Å². The summed E-state index contributed by atoms with van der Waals surface area (Å²) in [7, 11) is 1.74. The van der Waals surface area contributed by atoms with Crippen LogP contribution in [0.5, 0.6) is 0 Å². The zero-order valence-corrected chi connectivity index (χ0v) is 46.8. The first-order valence-electron chi connectivity index (χ1n) is 30.2. The van der Waals surface area contributed by atoms with Crippen molar-refractivity contribution < 1.29 is 38.4 Å². The third kappa shape index (κ3) is 13.2. The number of ketones is 1. The van der Waals surface area contributed by atoms with E-state index in [4.69, 9.17) is 0 Å². The number of hydrogen-bond donors (Lipinski definition) is 6. The van der Waals surface area contributed by atoms with Gasteiger partial charge in [-0.2, -0.15) is 0 Å². The molecule has 10 atom stereocenters. The number of likely N-dealkylation sites (N-methyl/N-ethyl adjacent to an activating group) is 1. The second-order valence-electron chi connectivity index (χ2n) is 24.4. The van der Waals surface area contributed by atoms with Gasteiger partial charge in [0.15, 0.2) is 0 Å². The van der Waals surface area contributed by atoms with Crippen LogP contribution in [0.25, 0.3) is 0 Å². The predicted octanol–water partition coefficient (Wildman–Crippen LogP) is 6.45. The van der Waals surface area contributed by atoms with E-state index in [9.17, 15) is 38.4 Å². The Labute approximate surface area is 462 Å². The van der Waals surface area contributed by atoms with Crippen molar-refractivity contribution in [2.75, 3.05) is 20.1 Å². The predicted molar refractivity (Wildman–Crippen MR) is 297 cm³/mol. The van der Waals surface area contributed by atoms with Crippen molar-refractivity contribution in [3.05, 3.63) is 70.8 Å². The Bertz CT molecular complexity index is 2330. The molecule has 16 nitrogen and oxygen atoms in total. The fourth-order valence-corrected chi connectivity index (χ4v) is 14.3. The number of likely N-dealkylation sites (tertiary alicyclic amines) is 2. The summed E-state index contributed by atoms with van der Waals surface area (Å²) in [6.45, 7) is 5.94. The number of carbonyl (C=O) groups excluding carboxylic acids is 8. The lowest BCUT2D eigenvalue weighted by Crippen LogP contribution is -2.57. The molecule has 6 N–H and O–H groups in total. The van der Waals surface area contributed by atoms with E-state index in [-0.39, 0.29) is 121 Å². The Morgan fingerprint density at radius 3 is 1.49 bits per heavy atom. The molecular formula is C62H88N8O8. The Hall–Kier alpha value is -5.64. The number of nitrogens with zero attached hydrogens (tertiary/aromatic N) is 2. The molecule has 2 unspecified atom stereocenters. The van der Waals surface area contributed by atoms with E-state index in [0.29, 0.717) is 32.1 Å². The zero-order valence-electron chi connectivity index (χ0n) is 46.8. The highest BCUT2D eigenvalue weighted by Gasteiger charge is 2.48. The molecule has 2 heterocycles. The number of nitrogens with one attached hydrogen (secondary N) is 6. The van der Waals surface area contributed by atoms with Crippen LogP contribution in [-0.2, 0) is 51.2 Å². The number of benzene rings is 2. The lowest BCUT2D eigenvalue weighted by Gasteiger charge is -2.35. The van der Waals surface area contributed by atoms with Crippen LogP contribution in [0.15, 0.2) is 48.5 Å². The van der Waals surface area contributed by atoms with Crippen LogP contribution in [0.4, 0.5) is 0 Å². The zero-order chi connectivity index (χ0) is 55.0. The smallest absolute Gasteiger partial charge is 0.246 e. The Morgan fingerprint density at radius 2 is 1.01 bits per heavy atom. The molecule has 0 bridgehead atoms. The molecule has 16 heteroatoms. The highest BCUT2D eigenvalue weighted by molar-refractivity contribution is 5.95. The Balaban J connectivity index is 0.847. The van der Waals surface area contributed by atoms with Crippen molar-refractivity contribution in [2.24, 2.45) is 35.5 Å². The van der Waals surface area contributed by atoms with Gasteiger partial charge in [-0.3, -0.25) is 38.4 Å². The molecule has 0 spiro atoms. The molecule has 7 amide bonds. The molecule has 2 aromatic rings. The van der Waals surface area contributed by atoms with E-state index in [1.54, 1.807) is 16.8 Å². The monoisotopic (exact) mass is 1070 g/mol. The molecule has 9 rings (SSSR count).